The monoisotopic (exact) mass is 524 g/mol. The van der Waals surface area contributed by atoms with E-state index >= 15 is 0 Å². The third kappa shape index (κ3) is 5.37. The van der Waals surface area contributed by atoms with Gasteiger partial charge in [-0.3, -0.25) is 9.48 Å². The summed E-state index contributed by atoms with van der Waals surface area (Å²) in [6.45, 7) is 8.00. The number of carbonyl (C=O) groups excluding carboxylic acids is 1. The van der Waals surface area contributed by atoms with Crippen LogP contribution in [0.5, 0.6) is 0 Å². The molecule has 0 aliphatic carbocycles. The first-order chi connectivity index (χ1) is 17.5. The predicted octanol–water partition coefficient (Wildman–Crippen LogP) is 4.68. The maximum atomic E-state index is 12.7. The number of hydrogen-bond donors (Lipinski definition) is 3. The van der Waals surface area contributed by atoms with Crippen molar-refractivity contribution in [3.63, 3.8) is 0 Å². The van der Waals surface area contributed by atoms with E-state index in [1.807, 2.05) is 10.9 Å². The van der Waals surface area contributed by atoms with Crippen molar-refractivity contribution in [1.29, 1.82) is 0 Å². The summed E-state index contributed by atoms with van der Waals surface area (Å²) in [4.78, 5) is 19.1. The minimum absolute atomic E-state index is 0.0123. The molecule has 4 heterocycles. The van der Waals surface area contributed by atoms with Gasteiger partial charge in [0.25, 0.3) is 0 Å². The first kappa shape index (κ1) is 25.0. The van der Waals surface area contributed by atoms with Gasteiger partial charge in [0.2, 0.25) is 5.91 Å². The van der Waals surface area contributed by atoms with Crippen molar-refractivity contribution in [2.75, 3.05) is 38.7 Å². The van der Waals surface area contributed by atoms with Crippen molar-refractivity contribution >= 4 is 43.8 Å². The third-order valence-corrected chi connectivity index (χ3v) is 8.46. The van der Waals surface area contributed by atoms with Crippen LogP contribution in [-0.4, -0.2) is 54.0 Å². The zero-order chi connectivity index (χ0) is 25.1. The minimum Gasteiger partial charge on any atom is -0.383 e. The molecule has 190 valence electrons. The zero-order valence-electron chi connectivity index (χ0n) is 20.9. The number of nitrogens with zero attached hydrogens (tertiary/aromatic N) is 3. The van der Waals surface area contributed by atoms with E-state index in [-0.39, 0.29) is 5.91 Å². The second kappa shape index (κ2) is 11.2. The molecule has 0 bridgehead atoms. The lowest BCUT2D eigenvalue weighted by Crippen LogP contribution is -2.24. The highest BCUT2D eigenvalue weighted by atomic mass is 32.1. The Bertz CT molecular complexity index is 1360. The summed E-state index contributed by atoms with van der Waals surface area (Å²) in [6, 6.07) is 6.74. The van der Waals surface area contributed by atoms with Gasteiger partial charge in [0, 0.05) is 61.4 Å². The fourth-order valence-electron chi connectivity index (χ4n) is 4.32. The molecule has 0 radical (unpaired) electrons. The largest absolute Gasteiger partial charge is 0.383 e. The molecule has 36 heavy (non-hydrogen) atoms. The molecule has 0 unspecified atom stereocenters. The highest BCUT2D eigenvalue weighted by molar-refractivity contribution is 7.23. The van der Waals surface area contributed by atoms with E-state index in [9.17, 15) is 4.79 Å². The third-order valence-electron chi connectivity index (χ3n) is 6.26. The van der Waals surface area contributed by atoms with E-state index in [1.54, 1.807) is 29.8 Å². The van der Waals surface area contributed by atoms with Gasteiger partial charge in [-0.15, -0.1) is 22.7 Å². The highest BCUT2D eigenvalue weighted by Gasteiger charge is 2.25. The number of nitrogens with one attached hydrogen (secondary N) is 3. The van der Waals surface area contributed by atoms with Crippen molar-refractivity contribution in [3.05, 3.63) is 41.0 Å². The van der Waals surface area contributed by atoms with Gasteiger partial charge in [0.15, 0.2) is 0 Å². The summed E-state index contributed by atoms with van der Waals surface area (Å²) in [5.41, 5.74) is 5.57. The number of anilines is 1. The Kier molecular flexibility index (Phi) is 7.78. The highest BCUT2D eigenvalue weighted by Crippen LogP contribution is 2.45. The zero-order valence-corrected chi connectivity index (χ0v) is 22.5. The van der Waals surface area contributed by atoms with Crippen molar-refractivity contribution in [3.8, 4) is 21.7 Å². The number of benzene rings is 1. The number of ether oxygens (including phenoxy) is 1. The predicted molar refractivity (Wildman–Crippen MR) is 148 cm³/mol. The van der Waals surface area contributed by atoms with Gasteiger partial charge in [-0.2, -0.15) is 5.10 Å². The standard InChI is InChI=1S/C26H32N6O2S2/c1-16(2)32-15-18(13-29-32)17-4-5-21-20(12-17)30-25(35-21)24-19-6-8-28-14-22(19)36-26(24)31-23(33)7-9-27-10-11-34-3/h4-5,12-13,15-16,27-28H,6-11,14H2,1-3H3,(H,31,33). The molecule has 0 saturated heterocycles. The molecule has 1 amide bonds. The molecule has 0 fully saturated rings. The minimum atomic E-state index is 0.0123. The van der Waals surface area contributed by atoms with Gasteiger partial charge in [-0.1, -0.05) is 6.07 Å². The van der Waals surface area contributed by atoms with Crippen molar-refractivity contribution in [2.45, 2.75) is 39.3 Å². The first-order valence-electron chi connectivity index (χ1n) is 12.3. The Hall–Kier alpha value is -2.63. The van der Waals surface area contributed by atoms with Crippen LogP contribution in [-0.2, 0) is 22.5 Å². The second-order valence-corrected chi connectivity index (χ2v) is 11.3. The van der Waals surface area contributed by atoms with Gasteiger partial charge in [-0.25, -0.2) is 4.98 Å². The molecule has 3 aromatic heterocycles. The Balaban J connectivity index is 1.42. The molecule has 3 N–H and O–H groups in total. The van der Waals surface area contributed by atoms with E-state index in [2.05, 4.69) is 59.3 Å². The summed E-state index contributed by atoms with van der Waals surface area (Å²) in [7, 11) is 1.67. The van der Waals surface area contributed by atoms with Crippen LogP contribution in [0.3, 0.4) is 0 Å². The quantitative estimate of drug-likeness (QED) is 0.261. The van der Waals surface area contributed by atoms with Crippen LogP contribution in [0, 0.1) is 0 Å². The Morgan fingerprint density at radius 3 is 2.94 bits per heavy atom. The first-order valence-corrected chi connectivity index (χ1v) is 14.0. The van der Waals surface area contributed by atoms with E-state index in [0.29, 0.717) is 25.6 Å². The van der Waals surface area contributed by atoms with Gasteiger partial charge in [0.05, 0.1) is 23.0 Å². The molecule has 0 spiro atoms. The van der Waals surface area contributed by atoms with Crippen LogP contribution in [0.25, 0.3) is 31.9 Å². The Morgan fingerprint density at radius 2 is 2.14 bits per heavy atom. The lowest BCUT2D eigenvalue weighted by molar-refractivity contribution is -0.116. The van der Waals surface area contributed by atoms with Gasteiger partial charge in [-0.05, 0) is 50.1 Å². The summed E-state index contributed by atoms with van der Waals surface area (Å²) >= 11 is 3.36. The van der Waals surface area contributed by atoms with E-state index in [1.165, 1.54) is 10.4 Å². The molecule has 0 saturated carbocycles. The SMILES string of the molecule is COCCNCCC(=O)Nc1sc2c(c1-c1nc3cc(-c4cnn(C(C)C)c4)ccc3s1)CCNC2. The maximum absolute atomic E-state index is 12.7. The number of hydrogen-bond acceptors (Lipinski definition) is 8. The number of amides is 1. The molecular weight excluding hydrogens is 492 g/mol. The molecule has 1 aliphatic rings. The fraction of sp³-hybridized carbons (Fsp3) is 0.423. The summed E-state index contributed by atoms with van der Waals surface area (Å²) in [5, 5.41) is 16.2. The number of rotatable bonds is 10. The normalized spacial score (nSPS) is 13.4. The molecule has 10 heteroatoms. The number of fused-ring (bicyclic) bond motifs is 2. The molecular formula is C26H32N6O2S2. The average Bonchev–Trinajstić information content (AvgIpc) is 3.59. The maximum Gasteiger partial charge on any atom is 0.226 e. The van der Waals surface area contributed by atoms with E-state index in [4.69, 9.17) is 9.72 Å². The van der Waals surface area contributed by atoms with Crippen LogP contribution in [0.2, 0.25) is 0 Å². The van der Waals surface area contributed by atoms with Crippen LogP contribution >= 0.6 is 22.7 Å². The van der Waals surface area contributed by atoms with E-state index < -0.39 is 0 Å². The van der Waals surface area contributed by atoms with Crippen LogP contribution in [0.1, 0.15) is 36.8 Å². The topological polar surface area (TPSA) is 93.1 Å². The molecule has 8 nitrogen and oxygen atoms in total. The number of methoxy groups -OCH3 is 1. The molecule has 4 aromatic rings. The molecule has 5 rings (SSSR count). The van der Waals surface area contributed by atoms with E-state index in [0.717, 1.165) is 63.0 Å². The molecule has 0 atom stereocenters. The van der Waals surface area contributed by atoms with Crippen LogP contribution < -0.4 is 16.0 Å². The summed E-state index contributed by atoms with van der Waals surface area (Å²) in [5.74, 6) is 0.0123. The van der Waals surface area contributed by atoms with Crippen molar-refractivity contribution < 1.29 is 9.53 Å². The van der Waals surface area contributed by atoms with Gasteiger partial charge >= 0.3 is 0 Å². The smallest absolute Gasteiger partial charge is 0.226 e. The van der Waals surface area contributed by atoms with Gasteiger partial charge in [0.1, 0.15) is 10.0 Å². The number of thiazole rings is 1. The summed E-state index contributed by atoms with van der Waals surface area (Å²) < 4.78 is 8.16. The number of aromatic nitrogens is 3. The van der Waals surface area contributed by atoms with Crippen molar-refractivity contribution in [2.24, 2.45) is 0 Å². The number of carbonyl (C=O) groups is 1. The van der Waals surface area contributed by atoms with Crippen LogP contribution in [0.4, 0.5) is 5.00 Å². The fourth-order valence-corrected chi connectivity index (χ4v) is 6.65. The number of thiophene rings is 1. The molecule has 1 aliphatic heterocycles. The molecule has 1 aromatic carbocycles. The van der Waals surface area contributed by atoms with Crippen molar-refractivity contribution in [1.82, 2.24) is 25.4 Å². The Labute approximate surface area is 219 Å². The lowest BCUT2D eigenvalue weighted by Gasteiger charge is -2.13. The average molecular weight is 525 g/mol. The lowest BCUT2D eigenvalue weighted by atomic mass is 10.0. The summed E-state index contributed by atoms with van der Waals surface area (Å²) in [6.07, 6.45) is 5.34. The second-order valence-electron chi connectivity index (χ2n) is 9.18. The van der Waals surface area contributed by atoms with Crippen LogP contribution in [0.15, 0.2) is 30.6 Å². The van der Waals surface area contributed by atoms with Gasteiger partial charge < -0.3 is 20.7 Å². The Morgan fingerprint density at radius 1 is 1.25 bits per heavy atom.